The Balaban J connectivity index is 1.18. The zero-order valence-electron chi connectivity index (χ0n) is 18.3. The van der Waals surface area contributed by atoms with Crippen molar-refractivity contribution in [3.05, 3.63) is 54.0 Å². The SMILES string of the molecule is O=C(CCN1CCN(c2ccc(C(F)(F)F)cn2)CC1)N1CCN(c2ccc(F)cc2)CC1. The molecule has 2 aromatic rings. The molecule has 4 rings (SSSR count). The van der Waals surface area contributed by atoms with Crippen molar-refractivity contribution in [3.8, 4) is 0 Å². The molecule has 0 atom stereocenters. The fourth-order valence-corrected chi connectivity index (χ4v) is 4.22. The van der Waals surface area contributed by atoms with Gasteiger partial charge < -0.3 is 14.7 Å². The number of pyridine rings is 1. The zero-order chi connectivity index (χ0) is 23.4. The van der Waals surface area contributed by atoms with Crippen LogP contribution in [0.3, 0.4) is 0 Å². The van der Waals surface area contributed by atoms with Crippen LogP contribution in [0, 0.1) is 5.82 Å². The summed E-state index contributed by atoms with van der Waals surface area (Å²) in [5, 5.41) is 0. The number of piperazine rings is 2. The second-order valence-corrected chi connectivity index (χ2v) is 8.33. The number of carbonyl (C=O) groups is 1. The number of anilines is 2. The Kier molecular flexibility index (Phi) is 7.02. The molecule has 33 heavy (non-hydrogen) atoms. The lowest BCUT2D eigenvalue weighted by atomic mass is 10.2. The first-order chi connectivity index (χ1) is 15.8. The first kappa shape index (κ1) is 23.3. The number of alkyl halides is 3. The van der Waals surface area contributed by atoms with Crippen molar-refractivity contribution in [1.82, 2.24) is 14.8 Å². The average molecular weight is 465 g/mol. The summed E-state index contributed by atoms with van der Waals surface area (Å²) >= 11 is 0. The van der Waals surface area contributed by atoms with E-state index in [0.29, 0.717) is 45.0 Å². The lowest BCUT2D eigenvalue weighted by molar-refractivity contribution is -0.137. The van der Waals surface area contributed by atoms with Crippen LogP contribution in [0.5, 0.6) is 0 Å². The molecule has 0 unspecified atom stereocenters. The Morgan fingerprint density at radius 1 is 0.848 bits per heavy atom. The normalized spacial score (nSPS) is 18.0. The maximum atomic E-state index is 13.1. The molecule has 2 aliphatic heterocycles. The summed E-state index contributed by atoms with van der Waals surface area (Å²) in [5.74, 6) is 0.405. The smallest absolute Gasteiger partial charge is 0.368 e. The highest BCUT2D eigenvalue weighted by Gasteiger charge is 2.31. The highest BCUT2D eigenvalue weighted by atomic mass is 19.4. The molecular formula is C23H27F4N5O. The number of hydrogen-bond acceptors (Lipinski definition) is 5. The molecule has 0 aliphatic carbocycles. The monoisotopic (exact) mass is 465 g/mol. The van der Waals surface area contributed by atoms with E-state index in [0.717, 1.165) is 44.1 Å². The van der Waals surface area contributed by atoms with Gasteiger partial charge in [-0.25, -0.2) is 9.37 Å². The number of benzene rings is 1. The lowest BCUT2D eigenvalue weighted by Gasteiger charge is -2.37. The number of hydrogen-bond donors (Lipinski definition) is 0. The van der Waals surface area contributed by atoms with Crippen molar-refractivity contribution in [3.63, 3.8) is 0 Å². The van der Waals surface area contributed by atoms with Crippen LogP contribution in [0.4, 0.5) is 29.1 Å². The summed E-state index contributed by atoms with van der Waals surface area (Å²) < 4.78 is 51.2. The van der Waals surface area contributed by atoms with Crippen LogP contribution in [-0.2, 0) is 11.0 Å². The van der Waals surface area contributed by atoms with Gasteiger partial charge >= 0.3 is 6.18 Å². The number of nitrogens with zero attached hydrogens (tertiary/aromatic N) is 5. The number of carbonyl (C=O) groups excluding carboxylic acids is 1. The number of aromatic nitrogens is 1. The fraction of sp³-hybridized carbons (Fsp3) is 0.478. The van der Waals surface area contributed by atoms with Crippen molar-refractivity contribution >= 4 is 17.4 Å². The first-order valence-corrected chi connectivity index (χ1v) is 11.1. The van der Waals surface area contributed by atoms with E-state index >= 15 is 0 Å². The third kappa shape index (κ3) is 5.93. The molecule has 2 fully saturated rings. The molecule has 178 valence electrons. The standard InChI is InChI=1S/C23H27F4N5O/c24-19-2-4-20(5-3-19)30-13-15-32(16-14-30)22(33)7-8-29-9-11-31(12-10-29)21-6-1-18(17-28-21)23(25,26)27/h1-6,17H,7-16H2. The van der Waals surface area contributed by atoms with Crippen LogP contribution in [0.2, 0.25) is 0 Å². The van der Waals surface area contributed by atoms with Gasteiger partial charge in [-0.15, -0.1) is 0 Å². The summed E-state index contributed by atoms with van der Waals surface area (Å²) in [6.07, 6.45) is -3.07. The van der Waals surface area contributed by atoms with Gasteiger partial charge in [0.05, 0.1) is 5.56 Å². The molecule has 0 spiro atoms. The molecule has 2 saturated heterocycles. The van der Waals surface area contributed by atoms with Crippen molar-refractivity contribution in [2.75, 3.05) is 68.7 Å². The van der Waals surface area contributed by atoms with Gasteiger partial charge in [0.25, 0.3) is 0 Å². The molecule has 6 nitrogen and oxygen atoms in total. The predicted molar refractivity (Wildman–Crippen MR) is 118 cm³/mol. The molecule has 1 amide bonds. The summed E-state index contributed by atoms with van der Waals surface area (Å²) in [6, 6.07) is 8.87. The van der Waals surface area contributed by atoms with Crippen LogP contribution in [0.25, 0.3) is 0 Å². The third-order valence-corrected chi connectivity index (χ3v) is 6.24. The maximum absolute atomic E-state index is 13.1. The quantitative estimate of drug-likeness (QED) is 0.635. The second-order valence-electron chi connectivity index (χ2n) is 8.33. The van der Waals surface area contributed by atoms with Crippen LogP contribution >= 0.6 is 0 Å². The molecular weight excluding hydrogens is 438 g/mol. The Bertz CT molecular complexity index is 919. The van der Waals surface area contributed by atoms with Crippen LogP contribution in [0.1, 0.15) is 12.0 Å². The van der Waals surface area contributed by atoms with Crippen molar-refractivity contribution in [2.24, 2.45) is 0 Å². The third-order valence-electron chi connectivity index (χ3n) is 6.24. The summed E-state index contributed by atoms with van der Waals surface area (Å²) in [7, 11) is 0. The average Bonchev–Trinajstić information content (AvgIpc) is 2.83. The number of halogens is 4. The van der Waals surface area contributed by atoms with Gasteiger partial charge in [0.2, 0.25) is 5.91 Å². The van der Waals surface area contributed by atoms with Crippen LogP contribution in [-0.4, -0.2) is 79.6 Å². The minimum atomic E-state index is -4.38. The van der Waals surface area contributed by atoms with Crippen molar-refractivity contribution in [2.45, 2.75) is 12.6 Å². The van der Waals surface area contributed by atoms with Crippen molar-refractivity contribution in [1.29, 1.82) is 0 Å². The minimum absolute atomic E-state index is 0.126. The van der Waals surface area contributed by atoms with E-state index < -0.39 is 11.7 Å². The van der Waals surface area contributed by atoms with E-state index in [2.05, 4.69) is 14.8 Å². The molecule has 10 heteroatoms. The van der Waals surface area contributed by atoms with Crippen molar-refractivity contribution < 1.29 is 22.4 Å². The molecule has 2 aliphatic rings. The number of amides is 1. The zero-order valence-corrected chi connectivity index (χ0v) is 18.3. The Morgan fingerprint density at radius 3 is 2.06 bits per heavy atom. The van der Waals surface area contributed by atoms with Gasteiger partial charge in [-0.3, -0.25) is 9.69 Å². The minimum Gasteiger partial charge on any atom is -0.368 e. The van der Waals surface area contributed by atoms with E-state index in [4.69, 9.17) is 0 Å². The topological polar surface area (TPSA) is 42.9 Å². The van der Waals surface area contributed by atoms with Gasteiger partial charge in [0, 0.05) is 77.2 Å². The molecule has 1 aromatic heterocycles. The van der Waals surface area contributed by atoms with Gasteiger partial charge in [0.15, 0.2) is 0 Å². The molecule has 0 N–H and O–H groups in total. The molecule has 0 radical (unpaired) electrons. The number of rotatable bonds is 5. The van der Waals surface area contributed by atoms with Gasteiger partial charge in [-0.1, -0.05) is 0 Å². The lowest BCUT2D eigenvalue weighted by Crippen LogP contribution is -2.50. The Hall–Kier alpha value is -2.88. The summed E-state index contributed by atoms with van der Waals surface area (Å²) in [4.78, 5) is 24.8. The maximum Gasteiger partial charge on any atom is 0.417 e. The highest BCUT2D eigenvalue weighted by molar-refractivity contribution is 5.76. The van der Waals surface area contributed by atoms with Gasteiger partial charge in [-0.05, 0) is 36.4 Å². The Morgan fingerprint density at radius 2 is 1.48 bits per heavy atom. The molecule has 1 aromatic carbocycles. The van der Waals surface area contributed by atoms with Gasteiger partial charge in [0.1, 0.15) is 11.6 Å². The van der Waals surface area contributed by atoms with Crippen LogP contribution in [0.15, 0.2) is 42.6 Å². The summed E-state index contributed by atoms with van der Waals surface area (Å²) in [6.45, 7) is 6.15. The van der Waals surface area contributed by atoms with Gasteiger partial charge in [-0.2, -0.15) is 13.2 Å². The van der Waals surface area contributed by atoms with E-state index in [-0.39, 0.29) is 11.7 Å². The fourth-order valence-electron chi connectivity index (χ4n) is 4.22. The van der Waals surface area contributed by atoms with Crippen LogP contribution < -0.4 is 9.80 Å². The largest absolute Gasteiger partial charge is 0.417 e. The molecule has 0 saturated carbocycles. The molecule has 3 heterocycles. The Labute approximate surface area is 190 Å². The second kappa shape index (κ2) is 9.94. The van der Waals surface area contributed by atoms with E-state index in [1.54, 1.807) is 12.1 Å². The van der Waals surface area contributed by atoms with E-state index in [1.165, 1.54) is 18.2 Å². The van der Waals surface area contributed by atoms with E-state index in [1.807, 2.05) is 9.80 Å². The summed E-state index contributed by atoms with van der Waals surface area (Å²) in [5.41, 5.74) is 0.214. The first-order valence-electron chi connectivity index (χ1n) is 11.1. The molecule has 0 bridgehead atoms. The predicted octanol–water partition coefficient (Wildman–Crippen LogP) is 3.10. The highest BCUT2D eigenvalue weighted by Crippen LogP contribution is 2.29. The van der Waals surface area contributed by atoms with E-state index in [9.17, 15) is 22.4 Å².